The number of aromatic nitrogens is 2. The summed E-state index contributed by atoms with van der Waals surface area (Å²) >= 11 is 6.22. The number of aryl methyl sites for hydroxylation is 1. The van der Waals surface area contributed by atoms with Gasteiger partial charge in [0.25, 0.3) is 5.91 Å². The van der Waals surface area contributed by atoms with Crippen LogP contribution in [0, 0.1) is 6.92 Å². The van der Waals surface area contributed by atoms with Gasteiger partial charge in [0.1, 0.15) is 0 Å². The van der Waals surface area contributed by atoms with Crippen molar-refractivity contribution in [3.63, 3.8) is 0 Å². The van der Waals surface area contributed by atoms with Crippen LogP contribution in [0.15, 0.2) is 77.2 Å². The Morgan fingerprint density at radius 3 is 2.33 bits per heavy atom. The van der Waals surface area contributed by atoms with E-state index >= 15 is 0 Å². The lowest BCUT2D eigenvalue weighted by Crippen LogP contribution is -2.26. The first-order valence-electron chi connectivity index (χ1n) is 9.58. The van der Waals surface area contributed by atoms with Gasteiger partial charge in [-0.3, -0.25) is 4.79 Å². The maximum absolute atomic E-state index is 12.6. The van der Waals surface area contributed by atoms with Gasteiger partial charge in [-0.05, 0) is 61.4 Å². The molecule has 0 bridgehead atoms. The first-order valence-corrected chi connectivity index (χ1v) is 9.96. The molecule has 4 rings (SSSR count). The number of benzene rings is 3. The van der Waals surface area contributed by atoms with Gasteiger partial charge in [0.05, 0.1) is 6.04 Å². The topological polar surface area (TPSA) is 68.0 Å². The van der Waals surface area contributed by atoms with Crippen LogP contribution in [0.4, 0.5) is 0 Å². The third kappa shape index (κ3) is 4.11. The molecule has 0 aliphatic heterocycles. The molecular formula is C24H20ClN3O2. The quantitative estimate of drug-likeness (QED) is 0.441. The molecule has 5 nitrogen and oxygen atoms in total. The molecule has 150 valence electrons. The van der Waals surface area contributed by atoms with E-state index in [1.165, 1.54) is 0 Å². The Bertz CT molecular complexity index is 1190. The standard InChI is InChI=1S/C24H20ClN3O2/c1-15-7-3-4-8-19(15)24-28-27-23(30-24)18-13-11-17(12-14-18)22(29)26-16(2)20-9-5-6-10-21(20)25/h3-14,16H,1-2H3,(H,26,29). The van der Waals surface area contributed by atoms with Crippen molar-refractivity contribution in [3.8, 4) is 22.9 Å². The van der Waals surface area contributed by atoms with E-state index < -0.39 is 0 Å². The highest BCUT2D eigenvalue weighted by Crippen LogP contribution is 2.26. The van der Waals surface area contributed by atoms with Crippen molar-refractivity contribution >= 4 is 17.5 Å². The molecule has 6 heteroatoms. The smallest absolute Gasteiger partial charge is 0.251 e. The number of amides is 1. The first kappa shape index (κ1) is 19.9. The zero-order valence-corrected chi connectivity index (χ0v) is 17.4. The van der Waals surface area contributed by atoms with Crippen molar-refractivity contribution in [2.45, 2.75) is 19.9 Å². The maximum Gasteiger partial charge on any atom is 0.251 e. The normalized spacial score (nSPS) is 11.8. The van der Waals surface area contributed by atoms with Crippen LogP contribution in [0.3, 0.4) is 0 Å². The monoisotopic (exact) mass is 417 g/mol. The third-order valence-corrected chi connectivity index (χ3v) is 5.26. The Kier molecular flexibility index (Phi) is 5.63. The zero-order chi connectivity index (χ0) is 21.1. The number of carbonyl (C=O) groups is 1. The van der Waals surface area contributed by atoms with Gasteiger partial charge in [0, 0.05) is 21.7 Å². The summed E-state index contributed by atoms with van der Waals surface area (Å²) in [5.41, 5.74) is 4.13. The third-order valence-electron chi connectivity index (χ3n) is 4.91. The van der Waals surface area contributed by atoms with Crippen molar-refractivity contribution in [2.75, 3.05) is 0 Å². The van der Waals surface area contributed by atoms with Crippen LogP contribution >= 0.6 is 11.6 Å². The van der Waals surface area contributed by atoms with Crippen LogP contribution in [-0.4, -0.2) is 16.1 Å². The lowest BCUT2D eigenvalue weighted by Gasteiger charge is -2.15. The Morgan fingerprint density at radius 1 is 0.933 bits per heavy atom. The molecule has 4 aromatic rings. The zero-order valence-electron chi connectivity index (χ0n) is 16.6. The van der Waals surface area contributed by atoms with Crippen LogP contribution in [0.25, 0.3) is 22.9 Å². The van der Waals surface area contributed by atoms with Gasteiger partial charge in [-0.1, -0.05) is 48.0 Å². The van der Waals surface area contributed by atoms with E-state index in [0.717, 1.165) is 22.3 Å². The van der Waals surface area contributed by atoms with E-state index in [1.54, 1.807) is 24.3 Å². The summed E-state index contributed by atoms with van der Waals surface area (Å²) in [4.78, 5) is 12.6. The van der Waals surface area contributed by atoms with Crippen LogP contribution in [-0.2, 0) is 0 Å². The van der Waals surface area contributed by atoms with Crippen molar-refractivity contribution in [1.82, 2.24) is 15.5 Å². The molecular weight excluding hydrogens is 398 g/mol. The molecule has 0 saturated carbocycles. The fourth-order valence-electron chi connectivity index (χ4n) is 3.21. The number of rotatable bonds is 5. The second-order valence-corrected chi connectivity index (χ2v) is 7.43. The average molecular weight is 418 g/mol. The molecule has 3 aromatic carbocycles. The van der Waals surface area contributed by atoms with Gasteiger partial charge in [-0.2, -0.15) is 0 Å². The molecule has 30 heavy (non-hydrogen) atoms. The average Bonchev–Trinajstić information content (AvgIpc) is 3.24. The van der Waals surface area contributed by atoms with E-state index in [1.807, 2.05) is 62.4 Å². The fourth-order valence-corrected chi connectivity index (χ4v) is 3.51. The highest BCUT2D eigenvalue weighted by Gasteiger charge is 2.15. The van der Waals surface area contributed by atoms with Crippen LogP contribution in [0.2, 0.25) is 5.02 Å². The van der Waals surface area contributed by atoms with Crippen molar-refractivity contribution in [2.24, 2.45) is 0 Å². The van der Waals surface area contributed by atoms with Gasteiger partial charge in [-0.15, -0.1) is 10.2 Å². The summed E-state index contributed by atoms with van der Waals surface area (Å²) < 4.78 is 5.84. The molecule has 0 aliphatic rings. The first-order chi connectivity index (χ1) is 14.5. The number of halogens is 1. The van der Waals surface area contributed by atoms with Gasteiger partial charge in [0.2, 0.25) is 11.8 Å². The van der Waals surface area contributed by atoms with Crippen molar-refractivity contribution in [3.05, 3.63) is 94.5 Å². The number of nitrogens with zero attached hydrogens (tertiary/aromatic N) is 2. The predicted octanol–water partition coefficient (Wildman–Crippen LogP) is 5.86. The number of hydrogen-bond acceptors (Lipinski definition) is 4. The van der Waals surface area contributed by atoms with Crippen LogP contribution < -0.4 is 5.32 Å². The van der Waals surface area contributed by atoms with Crippen molar-refractivity contribution < 1.29 is 9.21 Å². The summed E-state index contributed by atoms with van der Waals surface area (Å²) in [6, 6.07) is 22.2. The van der Waals surface area contributed by atoms with E-state index in [-0.39, 0.29) is 11.9 Å². The predicted molar refractivity (Wildman–Crippen MR) is 117 cm³/mol. The molecule has 0 fully saturated rings. The van der Waals surface area contributed by atoms with Gasteiger partial charge >= 0.3 is 0 Å². The van der Waals surface area contributed by atoms with Crippen LogP contribution in [0.1, 0.15) is 34.5 Å². The molecule has 1 atom stereocenters. The Labute approximate surface area is 179 Å². The number of nitrogens with one attached hydrogen (secondary N) is 1. The van der Waals surface area contributed by atoms with E-state index in [2.05, 4.69) is 15.5 Å². The van der Waals surface area contributed by atoms with Gasteiger partial charge < -0.3 is 9.73 Å². The minimum atomic E-state index is -0.210. The SMILES string of the molecule is Cc1ccccc1-c1nnc(-c2ccc(C(=O)NC(C)c3ccccc3Cl)cc2)o1. The van der Waals surface area contributed by atoms with Crippen molar-refractivity contribution in [1.29, 1.82) is 0 Å². The van der Waals surface area contributed by atoms with E-state index in [4.69, 9.17) is 16.0 Å². The summed E-state index contributed by atoms with van der Waals surface area (Å²) in [5.74, 6) is 0.697. The molecule has 1 unspecified atom stereocenters. The second kappa shape index (κ2) is 8.51. The number of hydrogen-bond donors (Lipinski definition) is 1. The Hall–Kier alpha value is -3.44. The Morgan fingerprint density at radius 2 is 1.60 bits per heavy atom. The molecule has 0 saturated heterocycles. The lowest BCUT2D eigenvalue weighted by molar-refractivity contribution is 0.0940. The largest absolute Gasteiger partial charge is 0.416 e. The second-order valence-electron chi connectivity index (χ2n) is 7.02. The molecule has 1 aromatic heterocycles. The van der Waals surface area contributed by atoms with Gasteiger partial charge in [0.15, 0.2) is 0 Å². The van der Waals surface area contributed by atoms with E-state index in [0.29, 0.717) is 22.4 Å². The summed E-state index contributed by atoms with van der Waals surface area (Å²) in [7, 11) is 0. The molecule has 0 spiro atoms. The maximum atomic E-state index is 12.6. The summed E-state index contributed by atoms with van der Waals surface area (Å²) in [6.07, 6.45) is 0. The molecule has 0 radical (unpaired) electrons. The fraction of sp³-hybridized carbons (Fsp3) is 0.125. The lowest BCUT2D eigenvalue weighted by atomic mass is 10.1. The minimum absolute atomic E-state index is 0.180. The highest BCUT2D eigenvalue weighted by molar-refractivity contribution is 6.31. The molecule has 0 aliphatic carbocycles. The van der Waals surface area contributed by atoms with Gasteiger partial charge in [-0.25, -0.2) is 0 Å². The summed E-state index contributed by atoms with van der Waals surface area (Å²) in [6.45, 7) is 3.90. The van der Waals surface area contributed by atoms with E-state index in [9.17, 15) is 4.79 Å². The van der Waals surface area contributed by atoms with Crippen LogP contribution in [0.5, 0.6) is 0 Å². The molecule has 1 N–H and O–H groups in total. The molecule has 1 amide bonds. The minimum Gasteiger partial charge on any atom is -0.416 e. The molecule has 1 heterocycles. The highest BCUT2D eigenvalue weighted by atomic mass is 35.5. The summed E-state index contributed by atoms with van der Waals surface area (Å²) in [5, 5.41) is 11.9. The number of carbonyl (C=O) groups excluding carboxylic acids is 1. The Balaban J connectivity index is 1.49.